The van der Waals surface area contributed by atoms with E-state index < -0.39 is 10.0 Å². The van der Waals surface area contributed by atoms with E-state index in [-0.39, 0.29) is 0 Å². The molecule has 7 heteroatoms. The van der Waals surface area contributed by atoms with Crippen LogP contribution in [0.25, 0.3) is 10.1 Å². The molecule has 0 atom stereocenters. The van der Waals surface area contributed by atoms with Gasteiger partial charge < -0.3 is 0 Å². The Bertz CT molecular complexity index is 1440. The third-order valence-electron chi connectivity index (χ3n) is 5.43. The lowest BCUT2D eigenvalue weighted by atomic mass is 9.93. The number of hydrogen-bond donors (Lipinski definition) is 1. The molecule has 2 heterocycles. The maximum atomic E-state index is 13.1. The summed E-state index contributed by atoms with van der Waals surface area (Å²) >= 11 is 7.33. The van der Waals surface area contributed by atoms with Crippen molar-refractivity contribution in [1.29, 1.82) is 0 Å². The number of halogens is 1. The van der Waals surface area contributed by atoms with E-state index in [1.165, 1.54) is 16.9 Å². The first kappa shape index (κ1) is 20.2. The Balaban J connectivity index is 1.44. The van der Waals surface area contributed by atoms with Crippen molar-refractivity contribution in [3.05, 3.63) is 94.0 Å². The SMILES string of the molecule is Cc1c(S(=O)(=O)Nc2ccc(C3=NCCc4ccccc43)cc2)sc2ccc(Cl)cc12. The molecule has 4 aromatic rings. The molecule has 0 saturated heterocycles. The zero-order valence-corrected chi connectivity index (χ0v) is 19.1. The number of rotatable bonds is 4. The summed E-state index contributed by atoms with van der Waals surface area (Å²) in [6.45, 7) is 2.57. The number of fused-ring (bicyclic) bond motifs is 2. The van der Waals surface area contributed by atoms with Gasteiger partial charge in [-0.25, -0.2) is 8.42 Å². The molecule has 0 unspecified atom stereocenters. The molecule has 4 nitrogen and oxygen atoms in total. The predicted octanol–water partition coefficient (Wildman–Crippen LogP) is 6.06. The van der Waals surface area contributed by atoms with Crippen LogP contribution in [-0.2, 0) is 16.4 Å². The van der Waals surface area contributed by atoms with E-state index in [2.05, 4.69) is 16.9 Å². The summed E-state index contributed by atoms with van der Waals surface area (Å²) in [6, 6.07) is 21.1. The van der Waals surface area contributed by atoms with E-state index in [9.17, 15) is 8.42 Å². The van der Waals surface area contributed by atoms with Crippen LogP contribution in [0.15, 0.2) is 75.9 Å². The van der Waals surface area contributed by atoms with Gasteiger partial charge in [0, 0.05) is 33.1 Å². The Morgan fingerprint density at radius 1 is 1.03 bits per heavy atom. The van der Waals surface area contributed by atoms with E-state index >= 15 is 0 Å². The lowest BCUT2D eigenvalue weighted by molar-refractivity contribution is 0.603. The van der Waals surface area contributed by atoms with E-state index in [4.69, 9.17) is 16.6 Å². The van der Waals surface area contributed by atoms with Crippen molar-refractivity contribution in [1.82, 2.24) is 0 Å². The average molecular weight is 467 g/mol. The lowest BCUT2D eigenvalue weighted by Gasteiger charge is -2.17. The fourth-order valence-electron chi connectivity index (χ4n) is 3.91. The molecular formula is C24H19ClN2O2S2. The summed E-state index contributed by atoms with van der Waals surface area (Å²) in [7, 11) is -3.71. The molecule has 1 aromatic heterocycles. The van der Waals surface area contributed by atoms with Gasteiger partial charge in [0.05, 0.1) is 5.71 Å². The van der Waals surface area contributed by atoms with Crippen LogP contribution < -0.4 is 4.72 Å². The van der Waals surface area contributed by atoms with Crippen molar-refractivity contribution in [2.75, 3.05) is 11.3 Å². The number of aryl methyl sites for hydroxylation is 1. The maximum absolute atomic E-state index is 13.1. The van der Waals surface area contributed by atoms with Gasteiger partial charge in [0.1, 0.15) is 4.21 Å². The lowest BCUT2D eigenvalue weighted by Crippen LogP contribution is -2.15. The van der Waals surface area contributed by atoms with Gasteiger partial charge in [-0.15, -0.1) is 11.3 Å². The molecule has 31 heavy (non-hydrogen) atoms. The highest BCUT2D eigenvalue weighted by Gasteiger charge is 2.22. The number of thiophene rings is 1. The van der Waals surface area contributed by atoms with Crippen LogP contribution in [-0.4, -0.2) is 20.7 Å². The molecular weight excluding hydrogens is 448 g/mol. The van der Waals surface area contributed by atoms with Crippen LogP contribution in [0.5, 0.6) is 0 Å². The number of hydrogen-bond acceptors (Lipinski definition) is 4. The van der Waals surface area contributed by atoms with Gasteiger partial charge in [-0.2, -0.15) is 0 Å². The number of anilines is 1. The summed E-state index contributed by atoms with van der Waals surface area (Å²) in [6.07, 6.45) is 0.942. The van der Waals surface area contributed by atoms with Gasteiger partial charge in [-0.1, -0.05) is 48.0 Å². The normalized spacial score (nSPS) is 13.7. The molecule has 3 aromatic carbocycles. The van der Waals surface area contributed by atoms with Crippen LogP contribution in [0.3, 0.4) is 0 Å². The van der Waals surface area contributed by atoms with E-state index in [1.54, 1.807) is 24.3 Å². The zero-order chi connectivity index (χ0) is 21.6. The second-order valence-corrected chi connectivity index (χ2v) is 10.8. The summed E-state index contributed by atoms with van der Waals surface area (Å²) in [5, 5.41) is 1.45. The second kappa shape index (κ2) is 7.79. The van der Waals surface area contributed by atoms with Crippen LogP contribution in [0.2, 0.25) is 5.02 Å². The molecule has 1 N–H and O–H groups in total. The quantitative estimate of drug-likeness (QED) is 0.397. The molecule has 5 rings (SSSR count). The van der Waals surface area contributed by atoms with Gasteiger partial charge >= 0.3 is 0 Å². The van der Waals surface area contributed by atoms with E-state index in [1.807, 2.05) is 37.3 Å². The summed E-state index contributed by atoms with van der Waals surface area (Å²) in [5.41, 5.74) is 5.58. The second-order valence-electron chi connectivity index (χ2n) is 7.48. The van der Waals surface area contributed by atoms with Crippen LogP contribution in [0.1, 0.15) is 22.3 Å². The molecule has 0 amide bonds. The van der Waals surface area contributed by atoms with Crippen molar-refractivity contribution in [3.8, 4) is 0 Å². The van der Waals surface area contributed by atoms with Gasteiger partial charge in [0.25, 0.3) is 10.0 Å². The molecule has 0 aliphatic carbocycles. The Morgan fingerprint density at radius 3 is 2.61 bits per heavy atom. The Hall–Kier alpha value is -2.67. The number of benzene rings is 3. The maximum Gasteiger partial charge on any atom is 0.271 e. The van der Waals surface area contributed by atoms with E-state index in [0.717, 1.165) is 39.9 Å². The summed E-state index contributed by atoms with van der Waals surface area (Å²) in [4.78, 5) is 4.70. The topological polar surface area (TPSA) is 58.5 Å². The van der Waals surface area contributed by atoms with Gasteiger partial charge in [0.2, 0.25) is 0 Å². The fraction of sp³-hybridized carbons (Fsp3) is 0.125. The zero-order valence-electron chi connectivity index (χ0n) is 16.7. The van der Waals surface area contributed by atoms with Crippen molar-refractivity contribution >= 4 is 54.4 Å². The minimum atomic E-state index is -3.71. The monoisotopic (exact) mass is 466 g/mol. The van der Waals surface area contributed by atoms with Crippen LogP contribution in [0, 0.1) is 6.92 Å². The van der Waals surface area contributed by atoms with Gasteiger partial charge in [-0.3, -0.25) is 9.71 Å². The first-order chi connectivity index (χ1) is 14.9. The third kappa shape index (κ3) is 3.76. The molecule has 0 fully saturated rings. The largest absolute Gasteiger partial charge is 0.284 e. The van der Waals surface area contributed by atoms with Crippen molar-refractivity contribution < 1.29 is 8.42 Å². The minimum absolute atomic E-state index is 0.305. The number of aliphatic imine (C=N–C) groups is 1. The highest BCUT2D eigenvalue weighted by Crippen LogP contribution is 2.36. The standard InChI is InChI=1S/C24H19ClN2O2S2/c1-15-21-14-18(25)8-11-22(21)30-24(15)31(28,29)27-19-9-6-17(7-10-19)23-20-5-3-2-4-16(20)12-13-26-23/h2-11,14,27H,12-13H2,1H3. The van der Waals surface area contributed by atoms with Crippen LogP contribution >= 0.6 is 22.9 Å². The Kier molecular flexibility index (Phi) is 5.08. The van der Waals surface area contributed by atoms with E-state index in [0.29, 0.717) is 20.5 Å². The number of sulfonamides is 1. The highest BCUT2D eigenvalue weighted by molar-refractivity contribution is 7.94. The smallest absolute Gasteiger partial charge is 0.271 e. The molecule has 0 saturated carbocycles. The first-order valence-corrected chi connectivity index (χ1v) is 12.5. The molecule has 0 spiro atoms. The van der Waals surface area contributed by atoms with Gasteiger partial charge in [0.15, 0.2) is 0 Å². The average Bonchev–Trinajstić information content (AvgIpc) is 3.10. The van der Waals surface area contributed by atoms with Gasteiger partial charge in [-0.05, 0) is 60.2 Å². The first-order valence-electron chi connectivity index (χ1n) is 9.87. The number of nitrogens with zero attached hydrogens (tertiary/aromatic N) is 1. The highest BCUT2D eigenvalue weighted by atomic mass is 35.5. The molecule has 0 radical (unpaired) electrons. The third-order valence-corrected chi connectivity index (χ3v) is 8.94. The summed E-state index contributed by atoms with van der Waals surface area (Å²) in [5.74, 6) is 0. The van der Waals surface area contributed by atoms with Crippen molar-refractivity contribution in [3.63, 3.8) is 0 Å². The Labute approximate surface area is 190 Å². The predicted molar refractivity (Wildman–Crippen MR) is 129 cm³/mol. The molecule has 1 aliphatic rings. The molecule has 1 aliphatic heterocycles. The van der Waals surface area contributed by atoms with Crippen molar-refractivity contribution in [2.24, 2.45) is 4.99 Å². The fourth-order valence-corrected chi connectivity index (χ4v) is 6.89. The van der Waals surface area contributed by atoms with Crippen LogP contribution in [0.4, 0.5) is 5.69 Å². The molecule has 0 bridgehead atoms. The van der Waals surface area contributed by atoms with Crippen molar-refractivity contribution in [2.45, 2.75) is 17.6 Å². The minimum Gasteiger partial charge on any atom is -0.284 e. The number of nitrogens with one attached hydrogen (secondary N) is 1. The molecule has 156 valence electrons. The Morgan fingerprint density at radius 2 is 1.81 bits per heavy atom. The summed E-state index contributed by atoms with van der Waals surface area (Å²) < 4.78 is 30.0.